The van der Waals surface area contributed by atoms with Gasteiger partial charge in [0.25, 0.3) is 0 Å². The van der Waals surface area contributed by atoms with Crippen LogP contribution < -0.4 is 0 Å². The quantitative estimate of drug-likeness (QED) is 0.748. The summed E-state index contributed by atoms with van der Waals surface area (Å²) in [6.07, 6.45) is 11.3. The van der Waals surface area contributed by atoms with Crippen LogP contribution in [0.4, 0.5) is 0 Å². The molecule has 1 heterocycles. The van der Waals surface area contributed by atoms with E-state index >= 15 is 0 Å². The smallest absolute Gasteiger partial charge is 0.195 e. The molecule has 1 aliphatic rings. The van der Waals surface area contributed by atoms with Crippen LogP contribution in [0.1, 0.15) is 44.0 Å². The van der Waals surface area contributed by atoms with E-state index in [-0.39, 0.29) is 0 Å². The second kappa shape index (κ2) is 4.47. The fraction of sp³-hybridized carbons (Fsp3) is 0.462. The zero-order valence-electron chi connectivity index (χ0n) is 9.36. The first-order valence-electron chi connectivity index (χ1n) is 5.62. The maximum absolute atomic E-state index is 5.71. The molecule has 1 aromatic rings. The molecule has 0 N–H and O–H groups in total. The molecule has 1 aliphatic carbocycles. The van der Waals surface area contributed by atoms with E-state index in [9.17, 15) is 0 Å². The van der Waals surface area contributed by atoms with Gasteiger partial charge in [-0.15, -0.1) is 0 Å². The van der Waals surface area contributed by atoms with Crippen molar-refractivity contribution in [1.82, 2.24) is 4.98 Å². The second-order valence-electron chi connectivity index (χ2n) is 4.12. The lowest BCUT2D eigenvalue weighted by atomic mass is 10.1. The van der Waals surface area contributed by atoms with E-state index in [2.05, 4.69) is 31.0 Å². The largest absolute Gasteiger partial charge is 0.441 e. The van der Waals surface area contributed by atoms with Crippen molar-refractivity contribution in [2.24, 2.45) is 5.92 Å². The Morgan fingerprint density at radius 1 is 1.40 bits per heavy atom. The fourth-order valence-electron chi connectivity index (χ4n) is 1.59. The standard InChI is InChI=1S/C13H17NO/c1-3-10(2)9-13-14-11-7-5-4-6-8-12(11)15-13/h5-8,10H,3-4,9H2,1-2H3. The van der Waals surface area contributed by atoms with Crippen molar-refractivity contribution in [3.05, 3.63) is 29.5 Å². The number of hydrogen-bond acceptors (Lipinski definition) is 2. The third-order valence-electron chi connectivity index (χ3n) is 2.76. The summed E-state index contributed by atoms with van der Waals surface area (Å²) in [7, 11) is 0. The van der Waals surface area contributed by atoms with Gasteiger partial charge in [-0.1, -0.05) is 32.4 Å². The van der Waals surface area contributed by atoms with Crippen molar-refractivity contribution in [1.29, 1.82) is 0 Å². The molecule has 0 saturated carbocycles. The molecule has 0 aromatic carbocycles. The Bertz CT molecular complexity index is 358. The van der Waals surface area contributed by atoms with Gasteiger partial charge < -0.3 is 4.42 Å². The summed E-state index contributed by atoms with van der Waals surface area (Å²) in [5, 5.41) is 0. The van der Waals surface area contributed by atoms with Crippen LogP contribution in [0.2, 0.25) is 0 Å². The van der Waals surface area contributed by atoms with E-state index in [0.717, 1.165) is 30.2 Å². The van der Waals surface area contributed by atoms with Gasteiger partial charge in [0.15, 0.2) is 11.7 Å². The topological polar surface area (TPSA) is 26.0 Å². The molecule has 0 spiro atoms. The van der Waals surface area contributed by atoms with Crippen molar-refractivity contribution in [2.45, 2.75) is 33.1 Å². The van der Waals surface area contributed by atoms with E-state index in [1.165, 1.54) is 6.42 Å². The zero-order valence-corrected chi connectivity index (χ0v) is 9.36. The second-order valence-corrected chi connectivity index (χ2v) is 4.12. The number of aromatic nitrogens is 1. The molecular weight excluding hydrogens is 186 g/mol. The van der Waals surface area contributed by atoms with E-state index in [1.54, 1.807) is 0 Å². The highest BCUT2D eigenvalue weighted by atomic mass is 16.4. The molecule has 0 radical (unpaired) electrons. The third-order valence-corrected chi connectivity index (χ3v) is 2.76. The van der Waals surface area contributed by atoms with Crippen LogP contribution in [-0.4, -0.2) is 4.98 Å². The Hall–Kier alpha value is -1.31. The summed E-state index contributed by atoms with van der Waals surface area (Å²) in [6, 6.07) is 0. The summed E-state index contributed by atoms with van der Waals surface area (Å²) in [5.41, 5.74) is 0.974. The van der Waals surface area contributed by atoms with Gasteiger partial charge in [-0.2, -0.15) is 0 Å². The van der Waals surface area contributed by atoms with Crippen LogP contribution in [0.25, 0.3) is 12.2 Å². The van der Waals surface area contributed by atoms with Crippen LogP contribution in [-0.2, 0) is 6.42 Å². The van der Waals surface area contributed by atoms with Crippen molar-refractivity contribution >= 4 is 12.2 Å². The molecule has 0 fully saturated rings. The Morgan fingerprint density at radius 2 is 2.20 bits per heavy atom. The molecule has 2 heteroatoms. The molecule has 15 heavy (non-hydrogen) atoms. The minimum Gasteiger partial charge on any atom is -0.441 e. The van der Waals surface area contributed by atoms with Crippen LogP contribution in [0, 0.1) is 5.92 Å². The first kappa shape index (κ1) is 10.2. The molecule has 80 valence electrons. The van der Waals surface area contributed by atoms with Gasteiger partial charge in [-0.3, -0.25) is 0 Å². The molecular formula is C13H17NO. The average Bonchev–Trinajstić information content (AvgIpc) is 2.48. The maximum Gasteiger partial charge on any atom is 0.195 e. The van der Waals surface area contributed by atoms with Crippen LogP contribution >= 0.6 is 0 Å². The van der Waals surface area contributed by atoms with Gasteiger partial charge in [-0.05, 0) is 24.5 Å². The van der Waals surface area contributed by atoms with Crippen molar-refractivity contribution < 1.29 is 4.42 Å². The van der Waals surface area contributed by atoms with Crippen LogP contribution in [0.3, 0.4) is 0 Å². The van der Waals surface area contributed by atoms with Crippen LogP contribution in [0.5, 0.6) is 0 Å². The fourth-order valence-corrected chi connectivity index (χ4v) is 1.59. The Kier molecular flexibility index (Phi) is 3.05. The third kappa shape index (κ3) is 2.38. The molecule has 0 bridgehead atoms. The molecule has 0 amide bonds. The normalized spacial score (nSPS) is 16.1. The number of oxazole rings is 1. The van der Waals surface area contributed by atoms with Gasteiger partial charge in [-0.25, -0.2) is 4.98 Å². The van der Waals surface area contributed by atoms with E-state index in [0.29, 0.717) is 5.92 Å². The molecule has 1 atom stereocenters. The lowest BCUT2D eigenvalue weighted by Gasteiger charge is -2.02. The monoisotopic (exact) mass is 203 g/mol. The lowest BCUT2D eigenvalue weighted by Crippen LogP contribution is -1.97. The number of allylic oxidation sites excluding steroid dienone is 2. The summed E-state index contributed by atoms with van der Waals surface area (Å²) in [5.74, 6) is 2.41. The highest BCUT2D eigenvalue weighted by molar-refractivity contribution is 5.60. The summed E-state index contributed by atoms with van der Waals surface area (Å²) in [6.45, 7) is 4.42. The van der Waals surface area contributed by atoms with E-state index in [1.807, 2.05) is 12.2 Å². The minimum absolute atomic E-state index is 0.639. The van der Waals surface area contributed by atoms with Gasteiger partial charge in [0, 0.05) is 6.42 Å². The van der Waals surface area contributed by atoms with Gasteiger partial charge >= 0.3 is 0 Å². The maximum atomic E-state index is 5.71. The van der Waals surface area contributed by atoms with Crippen molar-refractivity contribution in [2.75, 3.05) is 0 Å². The SMILES string of the molecule is CCC(C)Cc1nc2c(o1)C=CCC=C2. The lowest BCUT2D eigenvalue weighted by molar-refractivity contribution is 0.433. The van der Waals surface area contributed by atoms with E-state index in [4.69, 9.17) is 4.42 Å². The first-order chi connectivity index (χ1) is 7.29. The Labute approximate surface area is 90.7 Å². The predicted molar refractivity (Wildman–Crippen MR) is 62.3 cm³/mol. The number of nitrogens with zero attached hydrogens (tertiary/aromatic N) is 1. The molecule has 2 rings (SSSR count). The van der Waals surface area contributed by atoms with Gasteiger partial charge in [0.05, 0.1) is 0 Å². The molecule has 0 aliphatic heterocycles. The average molecular weight is 203 g/mol. The number of hydrogen-bond donors (Lipinski definition) is 0. The summed E-state index contributed by atoms with van der Waals surface area (Å²) in [4.78, 5) is 4.49. The summed E-state index contributed by atoms with van der Waals surface area (Å²) < 4.78 is 5.71. The Balaban J connectivity index is 2.19. The minimum atomic E-state index is 0.639. The first-order valence-corrected chi connectivity index (χ1v) is 5.62. The van der Waals surface area contributed by atoms with Crippen LogP contribution in [0.15, 0.2) is 16.6 Å². The molecule has 1 unspecified atom stereocenters. The Morgan fingerprint density at radius 3 is 3.00 bits per heavy atom. The molecule has 1 aromatic heterocycles. The highest BCUT2D eigenvalue weighted by Gasteiger charge is 2.11. The summed E-state index contributed by atoms with van der Waals surface area (Å²) >= 11 is 0. The van der Waals surface area contributed by atoms with E-state index < -0.39 is 0 Å². The number of rotatable bonds is 3. The highest BCUT2D eigenvalue weighted by Crippen LogP contribution is 2.20. The molecule has 2 nitrogen and oxygen atoms in total. The number of fused-ring (bicyclic) bond motifs is 1. The van der Waals surface area contributed by atoms with Crippen molar-refractivity contribution in [3.8, 4) is 0 Å². The van der Waals surface area contributed by atoms with Gasteiger partial charge in [0.1, 0.15) is 5.69 Å². The van der Waals surface area contributed by atoms with Gasteiger partial charge in [0.2, 0.25) is 0 Å². The molecule has 0 saturated heterocycles. The predicted octanol–water partition coefficient (Wildman–Crippen LogP) is 3.69. The zero-order chi connectivity index (χ0) is 10.7. The van der Waals surface area contributed by atoms with Crippen molar-refractivity contribution in [3.63, 3.8) is 0 Å².